The lowest BCUT2D eigenvalue weighted by Gasteiger charge is -2.03. The Morgan fingerprint density at radius 3 is 2.65 bits per heavy atom. The highest BCUT2D eigenvalue weighted by Gasteiger charge is 1.97. The Morgan fingerprint density at radius 1 is 1.20 bits per heavy atom. The van der Waals surface area contributed by atoms with Crippen molar-refractivity contribution in [3.8, 4) is 0 Å². The molecule has 2 aromatic carbocycles. The normalized spacial score (nSPS) is 10.7. The number of hydrogen-bond acceptors (Lipinski definition) is 1. The van der Waals surface area contributed by atoms with Gasteiger partial charge in [-0.25, -0.2) is 0 Å². The lowest BCUT2D eigenvalue weighted by atomic mass is 10.1. The van der Waals surface area contributed by atoms with Gasteiger partial charge in [0.05, 0.1) is 0 Å². The molecule has 0 atom stereocenters. The van der Waals surface area contributed by atoms with Crippen molar-refractivity contribution in [2.45, 2.75) is 13.5 Å². The average molecular weight is 286 g/mol. The van der Waals surface area contributed by atoms with Gasteiger partial charge in [-0.2, -0.15) is 0 Å². The fraction of sp³-hybridized carbons (Fsp3) is 0.118. The van der Waals surface area contributed by atoms with Crippen molar-refractivity contribution in [1.29, 1.82) is 0 Å². The van der Waals surface area contributed by atoms with Crippen molar-refractivity contribution in [1.82, 2.24) is 5.32 Å². The summed E-state index contributed by atoms with van der Waals surface area (Å²) >= 11 is 5.89. The summed E-state index contributed by atoms with van der Waals surface area (Å²) in [7, 11) is 0. The molecule has 2 nitrogen and oxygen atoms in total. The molecule has 0 aliphatic carbocycles. The van der Waals surface area contributed by atoms with E-state index in [-0.39, 0.29) is 5.91 Å². The standard InChI is InChI=1S/C17H16ClNO/c1-13-5-7-14(8-6-13)9-10-17(20)19-12-15-3-2-4-16(18)11-15/h2-11H,12H2,1H3,(H,19,20)/b10-9+. The van der Waals surface area contributed by atoms with Crippen LogP contribution in [0.2, 0.25) is 5.02 Å². The van der Waals surface area contributed by atoms with E-state index in [9.17, 15) is 4.79 Å². The zero-order valence-electron chi connectivity index (χ0n) is 11.3. The van der Waals surface area contributed by atoms with Crippen molar-refractivity contribution in [2.75, 3.05) is 0 Å². The van der Waals surface area contributed by atoms with Crippen molar-refractivity contribution >= 4 is 23.6 Å². The monoisotopic (exact) mass is 285 g/mol. The molecule has 1 amide bonds. The van der Waals surface area contributed by atoms with Crippen LogP contribution < -0.4 is 5.32 Å². The lowest BCUT2D eigenvalue weighted by Crippen LogP contribution is -2.20. The number of halogens is 1. The predicted octanol–water partition coefficient (Wildman–Crippen LogP) is 3.98. The fourth-order valence-corrected chi connectivity index (χ4v) is 1.96. The Labute approximate surface area is 124 Å². The van der Waals surface area contributed by atoms with Gasteiger partial charge in [0.2, 0.25) is 5.91 Å². The van der Waals surface area contributed by atoms with Crippen LogP contribution in [0.15, 0.2) is 54.6 Å². The Balaban J connectivity index is 1.88. The van der Waals surface area contributed by atoms with Gasteiger partial charge in [-0.3, -0.25) is 4.79 Å². The Hall–Kier alpha value is -2.06. The molecule has 0 aromatic heterocycles. The van der Waals surface area contributed by atoms with Crippen molar-refractivity contribution in [3.63, 3.8) is 0 Å². The average Bonchev–Trinajstić information content (AvgIpc) is 2.45. The molecule has 0 aliphatic heterocycles. The van der Waals surface area contributed by atoms with E-state index in [4.69, 9.17) is 11.6 Å². The summed E-state index contributed by atoms with van der Waals surface area (Å²) in [5.41, 5.74) is 3.19. The van der Waals surface area contributed by atoms with E-state index in [0.717, 1.165) is 11.1 Å². The second kappa shape index (κ2) is 6.92. The molecule has 20 heavy (non-hydrogen) atoms. The van der Waals surface area contributed by atoms with Crippen LogP contribution in [0.4, 0.5) is 0 Å². The minimum Gasteiger partial charge on any atom is -0.348 e. The van der Waals surface area contributed by atoms with Gasteiger partial charge in [-0.1, -0.05) is 53.6 Å². The highest BCUT2D eigenvalue weighted by atomic mass is 35.5. The first kappa shape index (κ1) is 14.4. The van der Waals surface area contributed by atoms with Crippen molar-refractivity contribution in [2.24, 2.45) is 0 Å². The zero-order valence-corrected chi connectivity index (χ0v) is 12.0. The third kappa shape index (κ3) is 4.56. The van der Waals surface area contributed by atoms with E-state index >= 15 is 0 Å². The molecule has 2 aromatic rings. The maximum Gasteiger partial charge on any atom is 0.244 e. The van der Waals surface area contributed by atoms with Gasteiger partial charge in [0.1, 0.15) is 0 Å². The minimum absolute atomic E-state index is 0.120. The number of rotatable bonds is 4. The largest absolute Gasteiger partial charge is 0.348 e. The van der Waals surface area contributed by atoms with E-state index in [2.05, 4.69) is 5.32 Å². The van der Waals surface area contributed by atoms with Crippen molar-refractivity contribution in [3.05, 3.63) is 76.3 Å². The molecule has 0 bridgehead atoms. The number of aryl methyl sites for hydroxylation is 1. The van der Waals surface area contributed by atoms with E-state index < -0.39 is 0 Å². The van der Waals surface area contributed by atoms with Crippen LogP contribution in [-0.2, 0) is 11.3 Å². The third-order valence-electron chi connectivity index (χ3n) is 2.86. The number of amides is 1. The Morgan fingerprint density at radius 2 is 1.95 bits per heavy atom. The number of carbonyl (C=O) groups is 1. The number of benzene rings is 2. The molecular formula is C17H16ClNO. The molecule has 0 aliphatic rings. The molecule has 0 spiro atoms. The summed E-state index contributed by atoms with van der Waals surface area (Å²) in [4.78, 5) is 11.7. The molecule has 0 saturated carbocycles. The molecule has 0 heterocycles. The Bertz CT molecular complexity index is 617. The van der Waals surface area contributed by atoms with Crippen LogP contribution >= 0.6 is 11.6 Å². The van der Waals surface area contributed by atoms with E-state index in [1.165, 1.54) is 11.6 Å². The van der Waals surface area contributed by atoms with Gasteiger partial charge in [0.15, 0.2) is 0 Å². The fourth-order valence-electron chi connectivity index (χ4n) is 1.74. The van der Waals surface area contributed by atoms with E-state index in [1.807, 2.05) is 55.5 Å². The quantitative estimate of drug-likeness (QED) is 0.846. The molecule has 1 N–H and O–H groups in total. The molecule has 0 fully saturated rings. The number of hydrogen-bond donors (Lipinski definition) is 1. The molecule has 0 radical (unpaired) electrons. The zero-order chi connectivity index (χ0) is 14.4. The van der Waals surface area contributed by atoms with Gasteiger partial charge in [0, 0.05) is 17.6 Å². The van der Waals surface area contributed by atoms with Gasteiger partial charge < -0.3 is 5.32 Å². The predicted molar refractivity (Wildman–Crippen MR) is 83.5 cm³/mol. The highest BCUT2D eigenvalue weighted by molar-refractivity contribution is 6.30. The maximum absolute atomic E-state index is 11.7. The molecule has 0 saturated heterocycles. The topological polar surface area (TPSA) is 29.1 Å². The second-order valence-electron chi connectivity index (χ2n) is 4.59. The summed E-state index contributed by atoms with van der Waals surface area (Å²) in [6.07, 6.45) is 3.34. The van der Waals surface area contributed by atoms with Gasteiger partial charge in [-0.05, 0) is 36.3 Å². The van der Waals surface area contributed by atoms with Crippen LogP contribution in [0.25, 0.3) is 6.08 Å². The molecule has 102 valence electrons. The summed E-state index contributed by atoms with van der Waals surface area (Å²) < 4.78 is 0. The highest BCUT2D eigenvalue weighted by Crippen LogP contribution is 2.10. The molecule has 0 unspecified atom stereocenters. The smallest absolute Gasteiger partial charge is 0.244 e. The molecular weight excluding hydrogens is 270 g/mol. The first-order valence-corrected chi connectivity index (χ1v) is 6.78. The van der Waals surface area contributed by atoms with Gasteiger partial charge in [0.25, 0.3) is 0 Å². The second-order valence-corrected chi connectivity index (χ2v) is 5.03. The van der Waals surface area contributed by atoms with E-state index in [0.29, 0.717) is 11.6 Å². The van der Waals surface area contributed by atoms with Crippen LogP contribution in [0.5, 0.6) is 0 Å². The summed E-state index contributed by atoms with van der Waals surface area (Å²) in [6, 6.07) is 15.4. The SMILES string of the molecule is Cc1ccc(/C=C/C(=O)NCc2cccc(Cl)c2)cc1. The van der Waals surface area contributed by atoms with Crippen molar-refractivity contribution < 1.29 is 4.79 Å². The van der Waals surface area contributed by atoms with Crippen LogP contribution in [0.3, 0.4) is 0 Å². The van der Waals surface area contributed by atoms with Gasteiger partial charge in [-0.15, -0.1) is 0 Å². The summed E-state index contributed by atoms with van der Waals surface area (Å²) in [6.45, 7) is 2.50. The molecule has 2 rings (SSSR count). The number of carbonyl (C=O) groups excluding carboxylic acids is 1. The Kier molecular flexibility index (Phi) is 4.97. The van der Waals surface area contributed by atoms with E-state index in [1.54, 1.807) is 6.08 Å². The molecule has 3 heteroatoms. The van der Waals surface area contributed by atoms with Crippen LogP contribution in [0.1, 0.15) is 16.7 Å². The first-order valence-electron chi connectivity index (χ1n) is 6.40. The number of nitrogens with one attached hydrogen (secondary N) is 1. The van der Waals surface area contributed by atoms with Crippen LogP contribution in [0, 0.1) is 6.92 Å². The maximum atomic E-state index is 11.7. The van der Waals surface area contributed by atoms with Crippen LogP contribution in [-0.4, -0.2) is 5.91 Å². The first-order chi connectivity index (χ1) is 9.63. The summed E-state index contributed by atoms with van der Waals surface area (Å²) in [5.74, 6) is -0.120. The van der Waals surface area contributed by atoms with Gasteiger partial charge >= 0.3 is 0 Å². The lowest BCUT2D eigenvalue weighted by molar-refractivity contribution is -0.116. The minimum atomic E-state index is -0.120. The third-order valence-corrected chi connectivity index (χ3v) is 3.10. The summed E-state index contributed by atoms with van der Waals surface area (Å²) in [5, 5.41) is 3.50.